The molecule has 0 saturated heterocycles. The first-order chi connectivity index (χ1) is 10.1. The summed E-state index contributed by atoms with van der Waals surface area (Å²) in [6.45, 7) is 4.04. The zero-order valence-corrected chi connectivity index (χ0v) is 12.3. The van der Waals surface area contributed by atoms with Crippen LogP contribution in [0.15, 0.2) is 42.5 Å². The van der Waals surface area contributed by atoms with Crippen molar-refractivity contribution in [3.8, 4) is 0 Å². The second-order valence-electron chi connectivity index (χ2n) is 6.02. The van der Waals surface area contributed by atoms with Crippen LogP contribution < -0.4 is 0 Å². The number of hydrogen-bond acceptors (Lipinski definition) is 2. The third kappa shape index (κ3) is 2.42. The summed E-state index contributed by atoms with van der Waals surface area (Å²) in [7, 11) is 0. The Morgan fingerprint density at radius 2 is 1.76 bits per heavy atom. The lowest BCUT2D eigenvalue weighted by Crippen LogP contribution is -2.19. The van der Waals surface area contributed by atoms with Gasteiger partial charge in [-0.15, -0.1) is 0 Å². The predicted octanol–water partition coefficient (Wildman–Crippen LogP) is 4.05. The molecule has 0 heterocycles. The van der Waals surface area contributed by atoms with E-state index in [0.717, 1.165) is 23.1 Å². The zero-order valence-electron chi connectivity index (χ0n) is 12.3. The molecule has 2 heteroatoms. The molecule has 0 bridgehead atoms. The molecule has 2 aromatic rings. The van der Waals surface area contributed by atoms with Crippen molar-refractivity contribution in [2.45, 2.75) is 26.7 Å². The molecule has 0 spiro atoms. The van der Waals surface area contributed by atoms with Gasteiger partial charge in [-0.1, -0.05) is 56.3 Å². The fourth-order valence-corrected chi connectivity index (χ4v) is 2.96. The minimum absolute atomic E-state index is 0.0143. The molecule has 0 aliphatic heterocycles. The molecule has 0 saturated carbocycles. The molecular weight excluding hydrogens is 260 g/mol. The van der Waals surface area contributed by atoms with Gasteiger partial charge in [0.1, 0.15) is 0 Å². The normalized spacial score (nSPS) is 13.0. The molecule has 21 heavy (non-hydrogen) atoms. The lowest BCUT2D eigenvalue weighted by molar-refractivity contribution is 0.0953. The highest BCUT2D eigenvalue weighted by molar-refractivity contribution is 6.18. The Hall–Kier alpha value is -2.22. The first-order valence-corrected chi connectivity index (χ1v) is 7.35. The minimum Gasteiger partial charge on any atom is -0.294 e. The molecule has 2 nitrogen and oxygen atoms in total. The summed E-state index contributed by atoms with van der Waals surface area (Å²) in [5, 5.41) is 0. The van der Waals surface area contributed by atoms with Crippen LogP contribution in [0.3, 0.4) is 0 Å². The molecule has 0 atom stereocenters. The molecule has 1 aliphatic rings. The predicted molar refractivity (Wildman–Crippen MR) is 82.9 cm³/mol. The maximum absolute atomic E-state index is 12.8. The molecule has 0 unspecified atom stereocenters. The van der Waals surface area contributed by atoms with E-state index in [1.54, 1.807) is 6.07 Å². The van der Waals surface area contributed by atoms with Gasteiger partial charge in [0.2, 0.25) is 0 Å². The van der Waals surface area contributed by atoms with Gasteiger partial charge in [-0.3, -0.25) is 9.59 Å². The summed E-state index contributed by atoms with van der Waals surface area (Å²) in [6.07, 6.45) is 1.20. The van der Waals surface area contributed by atoms with Gasteiger partial charge in [-0.05, 0) is 23.5 Å². The summed E-state index contributed by atoms with van der Waals surface area (Å²) < 4.78 is 0. The van der Waals surface area contributed by atoms with Crippen molar-refractivity contribution in [3.63, 3.8) is 0 Å². The van der Waals surface area contributed by atoms with E-state index in [-0.39, 0.29) is 11.6 Å². The standard InChI is InChI=1S/C19H18O2/c1-12(2)10-17(20)16-9-5-7-14-11-13-6-3-4-8-15(13)19(21)18(14)16/h3-9,12H,10-11H2,1-2H3. The van der Waals surface area contributed by atoms with E-state index in [4.69, 9.17) is 0 Å². The summed E-state index contributed by atoms with van der Waals surface area (Å²) in [4.78, 5) is 25.2. The highest BCUT2D eigenvalue weighted by Gasteiger charge is 2.27. The van der Waals surface area contributed by atoms with Gasteiger partial charge in [0.05, 0.1) is 0 Å². The third-order valence-electron chi connectivity index (χ3n) is 3.91. The lowest BCUT2D eigenvalue weighted by atomic mass is 9.81. The molecule has 2 aromatic carbocycles. The SMILES string of the molecule is CC(C)CC(=O)c1cccc2c1C(=O)c1ccccc1C2. The van der Waals surface area contributed by atoms with Gasteiger partial charge < -0.3 is 0 Å². The molecule has 0 fully saturated rings. The van der Waals surface area contributed by atoms with E-state index >= 15 is 0 Å². The van der Waals surface area contributed by atoms with E-state index in [1.165, 1.54) is 0 Å². The fourth-order valence-electron chi connectivity index (χ4n) is 2.96. The number of fused-ring (bicyclic) bond motifs is 2. The number of hydrogen-bond donors (Lipinski definition) is 0. The van der Waals surface area contributed by atoms with Crippen molar-refractivity contribution < 1.29 is 9.59 Å². The minimum atomic E-state index is -0.0143. The number of ketones is 2. The van der Waals surface area contributed by atoms with Crippen molar-refractivity contribution in [1.29, 1.82) is 0 Å². The molecule has 0 N–H and O–H groups in total. The maximum Gasteiger partial charge on any atom is 0.194 e. The largest absolute Gasteiger partial charge is 0.294 e. The van der Waals surface area contributed by atoms with Gasteiger partial charge in [0, 0.05) is 23.1 Å². The van der Waals surface area contributed by atoms with E-state index in [9.17, 15) is 9.59 Å². The van der Waals surface area contributed by atoms with Crippen LogP contribution in [0.25, 0.3) is 0 Å². The van der Waals surface area contributed by atoms with Crippen LogP contribution >= 0.6 is 0 Å². The highest BCUT2D eigenvalue weighted by Crippen LogP contribution is 2.30. The Balaban J connectivity index is 2.10. The van der Waals surface area contributed by atoms with Crippen LogP contribution in [-0.2, 0) is 6.42 Å². The lowest BCUT2D eigenvalue weighted by Gasteiger charge is -2.20. The number of carbonyl (C=O) groups excluding carboxylic acids is 2. The van der Waals surface area contributed by atoms with Crippen LogP contribution in [-0.4, -0.2) is 11.6 Å². The van der Waals surface area contributed by atoms with Gasteiger partial charge in [-0.2, -0.15) is 0 Å². The van der Waals surface area contributed by atoms with E-state index in [2.05, 4.69) is 0 Å². The Morgan fingerprint density at radius 1 is 1.05 bits per heavy atom. The number of rotatable bonds is 3. The summed E-state index contributed by atoms with van der Waals surface area (Å²) >= 11 is 0. The van der Waals surface area contributed by atoms with Crippen molar-refractivity contribution in [2.24, 2.45) is 5.92 Å². The molecule has 106 valence electrons. The third-order valence-corrected chi connectivity index (χ3v) is 3.91. The number of Topliss-reactive ketones (excluding diaryl/α,β-unsaturated/α-hetero) is 1. The topological polar surface area (TPSA) is 34.1 Å². The quantitative estimate of drug-likeness (QED) is 0.677. The average Bonchev–Trinajstić information content (AvgIpc) is 2.46. The Bertz CT molecular complexity index is 726. The molecular formula is C19H18O2. The van der Waals surface area contributed by atoms with Crippen LogP contribution in [0.4, 0.5) is 0 Å². The first-order valence-electron chi connectivity index (χ1n) is 7.35. The number of benzene rings is 2. The molecule has 3 rings (SSSR count). The molecule has 0 amide bonds. The van der Waals surface area contributed by atoms with Crippen molar-refractivity contribution in [3.05, 3.63) is 70.3 Å². The molecule has 1 aliphatic carbocycles. The summed E-state index contributed by atoms with van der Waals surface area (Å²) in [5.74, 6) is 0.341. The fraction of sp³-hybridized carbons (Fsp3) is 0.263. The van der Waals surface area contributed by atoms with E-state index in [0.29, 0.717) is 23.5 Å². The zero-order chi connectivity index (χ0) is 15.0. The Labute approximate surface area is 124 Å². The molecule has 0 aromatic heterocycles. The first kappa shape index (κ1) is 13.7. The second-order valence-corrected chi connectivity index (χ2v) is 6.02. The monoisotopic (exact) mass is 278 g/mol. The van der Waals surface area contributed by atoms with Crippen LogP contribution in [0, 0.1) is 5.92 Å². The highest BCUT2D eigenvalue weighted by atomic mass is 16.1. The van der Waals surface area contributed by atoms with Crippen molar-refractivity contribution in [1.82, 2.24) is 0 Å². The van der Waals surface area contributed by atoms with Gasteiger partial charge >= 0.3 is 0 Å². The van der Waals surface area contributed by atoms with E-state index < -0.39 is 0 Å². The van der Waals surface area contributed by atoms with Gasteiger partial charge in [0.25, 0.3) is 0 Å². The van der Waals surface area contributed by atoms with Crippen molar-refractivity contribution in [2.75, 3.05) is 0 Å². The average molecular weight is 278 g/mol. The van der Waals surface area contributed by atoms with Crippen LogP contribution in [0.2, 0.25) is 0 Å². The van der Waals surface area contributed by atoms with Gasteiger partial charge in [-0.25, -0.2) is 0 Å². The Kier molecular flexibility index (Phi) is 3.46. The van der Waals surface area contributed by atoms with Gasteiger partial charge in [0.15, 0.2) is 11.6 Å². The summed E-state index contributed by atoms with van der Waals surface area (Å²) in [5.41, 5.74) is 3.94. The van der Waals surface area contributed by atoms with Crippen LogP contribution in [0.5, 0.6) is 0 Å². The van der Waals surface area contributed by atoms with E-state index in [1.807, 2.05) is 50.2 Å². The Morgan fingerprint density at radius 3 is 2.52 bits per heavy atom. The number of carbonyl (C=O) groups is 2. The summed E-state index contributed by atoms with van der Waals surface area (Å²) in [6, 6.07) is 13.3. The second kappa shape index (κ2) is 5.28. The van der Waals surface area contributed by atoms with Crippen LogP contribution in [0.1, 0.15) is 57.7 Å². The maximum atomic E-state index is 12.8. The van der Waals surface area contributed by atoms with Crippen molar-refractivity contribution >= 4 is 11.6 Å². The smallest absolute Gasteiger partial charge is 0.194 e. The molecule has 0 radical (unpaired) electrons.